The first kappa shape index (κ1) is 11.7. The van der Waals surface area contributed by atoms with Gasteiger partial charge < -0.3 is 9.72 Å². The number of hydrogen-bond acceptors (Lipinski definition) is 2. The van der Waals surface area contributed by atoms with Gasteiger partial charge in [0.1, 0.15) is 11.6 Å². The van der Waals surface area contributed by atoms with E-state index < -0.39 is 0 Å². The summed E-state index contributed by atoms with van der Waals surface area (Å²) in [6, 6.07) is 6.32. The summed E-state index contributed by atoms with van der Waals surface area (Å²) < 4.78 is 5.39. The van der Waals surface area contributed by atoms with Gasteiger partial charge in [-0.05, 0) is 31.0 Å². The lowest BCUT2D eigenvalue weighted by molar-refractivity contribution is 0.416. The Morgan fingerprint density at radius 2 is 2.18 bits per heavy atom. The van der Waals surface area contributed by atoms with E-state index >= 15 is 0 Å². The summed E-state index contributed by atoms with van der Waals surface area (Å²) >= 11 is 0. The molecular formula is C14H18N2O. The van der Waals surface area contributed by atoms with Crippen molar-refractivity contribution >= 4 is 0 Å². The molecule has 90 valence electrons. The van der Waals surface area contributed by atoms with Gasteiger partial charge in [-0.25, -0.2) is 4.98 Å². The van der Waals surface area contributed by atoms with Gasteiger partial charge in [0.25, 0.3) is 0 Å². The van der Waals surface area contributed by atoms with Crippen molar-refractivity contribution in [1.29, 1.82) is 0 Å². The van der Waals surface area contributed by atoms with Crippen molar-refractivity contribution in [2.24, 2.45) is 0 Å². The van der Waals surface area contributed by atoms with Gasteiger partial charge >= 0.3 is 0 Å². The van der Waals surface area contributed by atoms with E-state index in [0.717, 1.165) is 35.7 Å². The number of nitrogens with zero attached hydrogens (tertiary/aromatic N) is 1. The maximum absolute atomic E-state index is 5.39. The topological polar surface area (TPSA) is 37.9 Å². The smallest absolute Gasteiger partial charge is 0.128 e. The van der Waals surface area contributed by atoms with Crippen LogP contribution in [-0.4, -0.2) is 17.1 Å². The number of aryl methyl sites for hydroxylation is 2. The lowest BCUT2D eigenvalue weighted by Gasteiger charge is -2.09. The highest BCUT2D eigenvalue weighted by atomic mass is 16.5. The van der Waals surface area contributed by atoms with Crippen LogP contribution in [0.1, 0.15) is 24.7 Å². The van der Waals surface area contributed by atoms with Crippen molar-refractivity contribution in [3.8, 4) is 17.0 Å². The van der Waals surface area contributed by atoms with Crippen LogP contribution >= 0.6 is 0 Å². The first-order valence-electron chi connectivity index (χ1n) is 5.93. The molecule has 0 saturated carbocycles. The molecule has 0 fully saturated rings. The minimum Gasteiger partial charge on any atom is -0.496 e. The molecule has 0 bridgehead atoms. The zero-order chi connectivity index (χ0) is 12.3. The van der Waals surface area contributed by atoms with Gasteiger partial charge in [-0.15, -0.1) is 0 Å². The second kappa shape index (κ2) is 5.04. The van der Waals surface area contributed by atoms with Crippen molar-refractivity contribution in [3.63, 3.8) is 0 Å². The van der Waals surface area contributed by atoms with Gasteiger partial charge in [0.05, 0.1) is 19.0 Å². The summed E-state index contributed by atoms with van der Waals surface area (Å²) in [5.74, 6) is 1.80. The Balaban J connectivity index is 2.45. The highest BCUT2D eigenvalue weighted by molar-refractivity contribution is 5.67. The molecule has 1 aromatic carbocycles. The van der Waals surface area contributed by atoms with E-state index in [1.165, 1.54) is 5.56 Å². The molecule has 1 aromatic heterocycles. The maximum Gasteiger partial charge on any atom is 0.128 e. The fourth-order valence-corrected chi connectivity index (χ4v) is 1.97. The molecule has 0 atom stereocenters. The first-order chi connectivity index (χ1) is 8.24. The fraction of sp³-hybridized carbons (Fsp3) is 0.357. The van der Waals surface area contributed by atoms with Crippen molar-refractivity contribution in [1.82, 2.24) is 9.97 Å². The van der Waals surface area contributed by atoms with E-state index in [0.29, 0.717) is 0 Å². The molecular weight excluding hydrogens is 212 g/mol. The Hall–Kier alpha value is -1.77. The molecule has 3 heteroatoms. The highest BCUT2D eigenvalue weighted by Crippen LogP contribution is 2.30. The van der Waals surface area contributed by atoms with Gasteiger partial charge in [-0.1, -0.05) is 19.4 Å². The molecule has 1 heterocycles. The van der Waals surface area contributed by atoms with Crippen molar-refractivity contribution < 1.29 is 4.74 Å². The van der Waals surface area contributed by atoms with E-state index in [1.54, 1.807) is 7.11 Å². The number of benzene rings is 1. The van der Waals surface area contributed by atoms with Gasteiger partial charge in [0, 0.05) is 5.56 Å². The van der Waals surface area contributed by atoms with Crippen molar-refractivity contribution in [2.75, 3.05) is 7.11 Å². The molecule has 0 aliphatic rings. The summed E-state index contributed by atoms with van der Waals surface area (Å²) in [5, 5.41) is 0. The van der Waals surface area contributed by atoms with Crippen LogP contribution in [0.5, 0.6) is 5.75 Å². The van der Waals surface area contributed by atoms with Crippen LogP contribution in [0.4, 0.5) is 0 Å². The lowest BCUT2D eigenvalue weighted by atomic mass is 10.0. The van der Waals surface area contributed by atoms with E-state index in [1.807, 2.05) is 19.2 Å². The second-order valence-corrected chi connectivity index (χ2v) is 4.17. The van der Waals surface area contributed by atoms with E-state index in [9.17, 15) is 0 Å². The largest absolute Gasteiger partial charge is 0.496 e. The Morgan fingerprint density at radius 1 is 1.35 bits per heavy atom. The number of imidazole rings is 1. The molecule has 0 radical (unpaired) electrons. The molecule has 3 nitrogen and oxygen atoms in total. The maximum atomic E-state index is 5.39. The Morgan fingerprint density at radius 3 is 2.76 bits per heavy atom. The minimum atomic E-state index is 0.883. The number of hydrogen-bond donors (Lipinski definition) is 1. The average Bonchev–Trinajstić information content (AvgIpc) is 2.76. The number of methoxy groups -OCH3 is 1. The lowest BCUT2D eigenvalue weighted by Crippen LogP contribution is -1.91. The Kier molecular flexibility index (Phi) is 3.47. The SMILES string of the molecule is CCCc1ccc(OC)c(-c2cnc(C)[nH]2)c1. The highest BCUT2D eigenvalue weighted by Gasteiger charge is 2.08. The van der Waals surface area contributed by atoms with Crippen molar-refractivity contribution in [2.45, 2.75) is 26.7 Å². The summed E-state index contributed by atoms with van der Waals surface area (Å²) in [4.78, 5) is 7.48. The zero-order valence-electron chi connectivity index (χ0n) is 10.6. The van der Waals surface area contributed by atoms with Crippen LogP contribution in [0, 0.1) is 6.92 Å². The molecule has 2 aromatic rings. The number of aromatic amines is 1. The average molecular weight is 230 g/mol. The van der Waals surface area contributed by atoms with Crippen molar-refractivity contribution in [3.05, 3.63) is 35.8 Å². The summed E-state index contributed by atoms with van der Waals surface area (Å²) in [6.45, 7) is 4.14. The minimum absolute atomic E-state index is 0.883. The molecule has 0 aliphatic heterocycles. The normalized spacial score (nSPS) is 10.5. The van der Waals surface area contributed by atoms with Crippen LogP contribution in [-0.2, 0) is 6.42 Å². The third kappa shape index (κ3) is 2.49. The Labute approximate surface area is 102 Å². The molecule has 0 unspecified atom stereocenters. The van der Waals surface area contributed by atoms with Crippen LogP contribution in [0.25, 0.3) is 11.3 Å². The number of rotatable bonds is 4. The number of aromatic nitrogens is 2. The third-order valence-corrected chi connectivity index (χ3v) is 2.80. The monoisotopic (exact) mass is 230 g/mol. The molecule has 0 aliphatic carbocycles. The standard InChI is InChI=1S/C14H18N2O/c1-4-5-11-6-7-14(17-3)12(8-11)13-9-15-10(2)16-13/h6-9H,4-5H2,1-3H3,(H,15,16). The first-order valence-corrected chi connectivity index (χ1v) is 5.93. The number of H-pyrrole nitrogens is 1. The van der Waals surface area contributed by atoms with Gasteiger partial charge in [-0.2, -0.15) is 0 Å². The molecule has 0 saturated heterocycles. The molecule has 17 heavy (non-hydrogen) atoms. The summed E-state index contributed by atoms with van der Waals surface area (Å²) in [5.41, 5.74) is 3.42. The van der Waals surface area contributed by atoms with Gasteiger partial charge in [-0.3, -0.25) is 0 Å². The van der Waals surface area contributed by atoms with Gasteiger partial charge in [0.2, 0.25) is 0 Å². The third-order valence-electron chi connectivity index (χ3n) is 2.80. The molecule has 0 spiro atoms. The number of nitrogens with one attached hydrogen (secondary N) is 1. The van der Waals surface area contributed by atoms with E-state index in [2.05, 4.69) is 29.0 Å². The summed E-state index contributed by atoms with van der Waals surface area (Å²) in [7, 11) is 1.70. The molecule has 0 amide bonds. The predicted octanol–water partition coefficient (Wildman–Crippen LogP) is 3.35. The molecule has 1 N–H and O–H groups in total. The Bertz CT molecular complexity index is 503. The summed E-state index contributed by atoms with van der Waals surface area (Å²) in [6.07, 6.45) is 4.08. The quantitative estimate of drug-likeness (QED) is 0.874. The van der Waals surface area contributed by atoms with E-state index in [4.69, 9.17) is 4.74 Å². The van der Waals surface area contributed by atoms with Crippen LogP contribution in [0.15, 0.2) is 24.4 Å². The second-order valence-electron chi connectivity index (χ2n) is 4.17. The van der Waals surface area contributed by atoms with Crippen LogP contribution < -0.4 is 4.74 Å². The van der Waals surface area contributed by atoms with Gasteiger partial charge in [0.15, 0.2) is 0 Å². The fourth-order valence-electron chi connectivity index (χ4n) is 1.97. The van der Waals surface area contributed by atoms with Crippen LogP contribution in [0.2, 0.25) is 0 Å². The molecule has 2 rings (SSSR count). The number of ether oxygens (including phenoxy) is 1. The predicted molar refractivity (Wildman–Crippen MR) is 69.3 cm³/mol. The van der Waals surface area contributed by atoms with Crippen LogP contribution in [0.3, 0.4) is 0 Å². The zero-order valence-corrected chi connectivity index (χ0v) is 10.6. The van der Waals surface area contributed by atoms with E-state index in [-0.39, 0.29) is 0 Å².